The Labute approximate surface area is 76.3 Å². The molecule has 2 nitrogen and oxygen atoms in total. The lowest BCUT2D eigenvalue weighted by Crippen LogP contribution is -1.96. The van der Waals surface area contributed by atoms with Gasteiger partial charge in [-0.25, -0.2) is 4.98 Å². The summed E-state index contributed by atoms with van der Waals surface area (Å²) in [6.45, 7) is 1.92. The SMILES string of the molecule is C#CCCC(O)c1csc(C)n1. The molecule has 12 heavy (non-hydrogen) atoms. The van der Waals surface area contributed by atoms with Crippen LogP contribution in [-0.2, 0) is 0 Å². The van der Waals surface area contributed by atoms with Gasteiger partial charge in [0.2, 0.25) is 0 Å². The largest absolute Gasteiger partial charge is 0.387 e. The number of thiazole rings is 1. The predicted octanol–water partition coefficient (Wildman–Crippen LogP) is 1.90. The Bertz CT molecular complexity index is 287. The zero-order valence-corrected chi connectivity index (χ0v) is 7.77. The molecule has 0 saturated heterocycles. The molecular weight excluding hydrogens is 170 g/mol. The highest BCUT2D eigenvalue weighted by atomic mass is 32.1. The lowest BCUT2D eigenvalue weighted by atomic mass is 10.1. The molecule has 1 aromatic rings. The molecule has 1 rings (SSSR count). The molecule has 0 fully saturated rings. The number of aliphatic hydroxyl groups is 1. The van der Waals surface area contributed by atoms with Gasteiger partial charge in [-0.1, -0.05) is 0 Å². The minimum Gasteiger partial charge on any atom is -0.387 e. The molecule has 1 heterocycles. The Kier molecular flexibility index (Phi) is 3.27. The molecule has 1 atom stereocenters. The zero-order chi connectivity index (χ0) is 8.97. The first kappa shape index (κ1) is 9.24. The Morgan fingerprint density at radius 2 is 2.58 bits per heavy atom. The number of aryl methyl sites for hydroxylation is 1. The molecule has 1 unspecified atom stereocenters. The second-order valence-electron chi connectivity index (χ2n) is 2.55. The molecule has 0 aromatic carbocycles. The van der Waals surface area contributed by atoms with E-state index in [1.807, 2.05) is 12.3 Å². The fourth-order valence-corrected chi connectivity index (χ4v) is 1.56. The summed E-state index contributed by atoms with van der Waals surface area (Å²) in [7, 11) is 0. The molecule has 0 bridgehead atoms. The molecule has 0 aliphatic rings. The van der Waals surface area contributed by atoms with Gasteiger partial charge in [0.15, 0.2) is 0 Å². The van der Waals surface area contributed by atoms with Gasteiger partial charge in [-0.3, -0.25) is 0 Å². The molecule has 0 spiro atoms. The minimum absolute atomic E-state index is 0.494. The monoisotopic (exact) mass is 181 g/mol. The molecule has 1 N–H and O–H groups in total. The number of hydrogen-bond acceptors (Lipinski definition) is 3. The van der Waals surface area contributed by atoms with Crippen LogP contribution in [0.3, 0.4) is 0 Å². The molecular formula is C9H11NOS. The lowest BCUT2D eigenvalue weighted by molar-refractivity contribution is 0.165. The molecule has 0 amide bonds. The number of aliphatic hydroxyl groups excluding tert-OH is 1. The summed E-state index contributed by atoms with van der Waals surface area (Å²) in [6.07, 6.45) is 5.78. The van der Waals surface area contributed by atoms with E-state index in [9.17, 15) is 5.11 Å². The normalized spacial score (nSPS) is 12.4. The Balaban J connectivity index is 2.54. The molecule has 64 valence electrons. The molecule has 0 saturated carbocycles. The van der Waals surface area contributed by atoms with E-state index in [1.54, 1.807) is 11.3 Å². The van der Waals surface area contributed by atoms with Gasteiger partial charge in [0.1, 0.15) is 0 Å². The highest BCUT2D eigenvalue weighted by molar-refractivity contribution is 7.09. The third-order valence-electron chi connectivity index (χ3n) is 1.54. The third-order valence-corrected chi connectivity index (χ3v) is 2.33. The van der Waals surface area contributed by atoms with Gasteiger partial charge in [0.25, 0.3) is 0 Å². The lowest BCUT2D eigenvalue weighted by Gasteiger charge is -2.03. The Morgan fingerprint density at radius 1 is 1.83 bits per heavy atom. The van der Waals surface area contributed by atoms with E-state index >= 15 is 0 Å². The van der Waals surface area contributed by atoms with E-state index in [0.29, 0.717) is 12.8 Å². The van der Waals surface area contributed by atoms with Crippen molar-refractivity contribution in [3.05, 3.63) is 16.1 Å². The topological polar surface area (TPSA) is 33.1 Å². The van der Waals surface area contributed by atoms with Gasteiger partial charge in [-0.15, -0.1) is 23.7 Å². The van der Waals surface area contributed by atoms with Crippen molar-refractivity contribution in [1.29, 1.82) is 0 Å². The summed E-state index contributed by atoms with van der Waals surface area (Å²) < 4.78 is 0. The summed E-state index contributed by atoms with van der Waals surface area (Å²) in [5.74, 6) is 2.49. The average molecular weight is 181 g/mol. The summed E-state index contributed by atoms with van der Waals surface area (Å²) in [5.41, 5.74) is 0.743. The van der Waals surface area contributed by atoms with Crippen LogP contribution in [0.2, 0.25) is 0 Å². The van der Waals surface area contributed by atoms with Crippen molar-refractivity contribution in [2.45, 2.75) is 25.9 Å². The summed E-state index contributed by atoms with van der Waals surface area (Å²) in [6, 6.07) is 0. The van der Waals surface area contributed by atoms with E-state index in [0.717, 1.165) is 10.7 Å². The maximum absolute atomic E-state index is 9.51. The summed E-state index contributed by atoms with van der Waals surface area (Å²) >= 11 is 1.54. The molecule has 1 aromatic heterocycles. The Morgan fingerprint density at radius 3 is 3.08 bits per heavy atom. The fraction of sp³-hybridized carbons (Fsp3) is 0.444. The standard InChI is InChI=1S/C9H11NOS/c1-3-4-5-9(11)8-6-12-7(2)10-8/h1,6,9,11H,4-5H2,2H3. The van der Waals surface area contributed by atoms with E-state index in [2.05, 4.69) is 10.9 Å². The van der Waals surface area contributed by atoms with Crippen molar-refractivity contribution < 1.29 is 5.11 Å². The van der Waals surface area contributed by atoms with Crippen LogP contribution in [0.15, 0.2) is 5.38 Å². The average Bonchev–Trinajstić information content (AvgIpc) is 2.47. The molecule has 0 aliphatic heterocycles. The van der Waals surface area contributed by atoms with Crippen LogP contribution in [0.4, 0.5) is 0 Å². The number of nitrogens with zero attached hydrogens (tertiary/aromatic N) is 1. The van der Waals surface area contributed by atoms with Gasteiger partial charge < -0.3 is 5.11 Å². The second kappa shape index (κ2) is 4.24. The van der Waals surface area contributed by atoms with Gasteiger partial charge in [0.05, 0.1) is 16.8 Å². The minimum atomic E-state index is -0.494. The highest BCUT2D eigenvalue weighted by Gasteiger charge is 2.09. The predicted molar refractivity (Wildman–Crippen MR) is 49.9 cm³/mol. The number of aromatic nitrogens is 1. The highest BCUT2D eigenvalue weighted by Crippen LogP contribution is 2.19. The quantitative estimate of drug-likeness (QED) is 0.722. The maximum Gasteiger partial charge on any atom is 0.0977 e. The van der Waals surface area contributed by atoms with Crippen molar-refractivity contribution in [2.24, 2.45) is 0 Å². The van der Waals surface area contributed by atoms with E-state index in [4.69, 9.17) is 6.42 Å². The van der Waals surface area contributed by atoms with Crippen LogP contribution in [0.5, 0.6) is 0 Å². The third kappa shape index (κ3) is 2.33. The number of terminal acetylenes is 1. The van der Waals surface area contributed by atoms with Crippen molar-refractivity contribution in [3.63, 3.8) is 0 Å². The first-order chi connectivity index (χ1) is 5.74. The van der Waals surface area contributed by atoms with Crippen LogP contribution in [0.1, 0.15) is 29.6 Å². The van der Waals surface area contributed by atoms with Crippen molar-refractivity contribution in [3.8, 4) is 12.3 Å². The van der Waals surface area contributed by atoms with E-state index < -0.39 is 6.10 Å². The van der Waals surface area contributed by atoms with E-state index in [-0.39, 0.29) is 0 Å². The Hall–Kier alpha value is -0.850. The molecule has 0 aliphatic carbocycles. The first-order valence-electron chi connectivity index (χ1n) is 3.77. The van der Waals surface area contributed by atoms with Gasteiger partial charge in [-0.05, 0) is 13.3 Å². The second-order valence-corrected chi connectivity index (χ2v) is 3.61. The van der Waals surface area contributed by atoms with E-state index in [1.165, 1.54) is 0 Å². The van der Waals surface area contributed by atoms with Crippen LogP contribution in [0, 0.1) is 19.3 Å². The van der Waals surface area contributed by atoms with Crippen molar-refractivity contribution in [2.75, 3.05) is 0 Å². The van der Waals surface area contributed by atoms with Crippen LogP contribution < -0.4 is 0 Å². The maximum atomic E-state index is 9.51. The first-order valence-corrected chi connectivity index (χ1v) is 4.65. The van der Waals surface area contributed by atoms with Crippen LogP contribution >= 0.6 is 11.3 Å². The van der Waals surface area contributed by atoms with Gasteiger partial charge in [0, 0.05) is 11.8 Å². The van der Waals surface area contributed by atoms with Crippen molar-refractivity contribution in [1.82, 2.24) is 4.98 Å². The summed E-state index contributed by atoms with van der Waals surface area (Å²) in [5, 5.41) is 12.4. The zero-order valence-electron chi connectivity index (χ0n) is 6.95. The fourth-order valence-electron chi connectivity index (χ4n) is 0.901. The van der Waals surface area contributed by atoms with Crippen molar-refractivity contribution >= 4 is 11.3 Å². The number of hydrogen-bond donors (Lipinski definition) is 1. The smallest absolute Gasteiger partial charge is 0.0977 e. The van der Waals surface area contributed by atoms with Gasteiger partial charge >= 0.3 is 0 Å². The number of rotatable bonds is 3. The molecule has 0 radical (unpaired) electrons. The van der Waals surface area contributed by atoms with Crippen LogP contribution in [0.25, 0.3) is 0 Å². The van der Waals surface area contributed by atoms with Gasteiger partial charge in [-0.2, -0.15) is 0 Å². The van der Waals surface area contributed by atoms with Crippen LogP contribution in [-0.4, -0.2) is 10.1 Å². The summed E-state index contributed by atoms with van der Waals surface area (Å²) in [4.78, 5) is 4.16. The molecule has 3 heteroatoms.